The van der Waals surface area contributed by atoms with Gasteiger partial charge in [-0.1, -0.05) is 0 Å². The molecule has 0 aliphatic heterocycles. The molecule has 4 nitrogen and oxygen atoms in total. The molecule has 1 aromatic rings. The van der Waals surface area contributed by atoms with Crippen molar-refractivity contribution < 1.29 is 9.26 Å². The van der Waals surface area contributed by atoms with E-state index in [9.17, 15) is 4.79 Å². The van der Waals surface area contributed by atoms with E-state index in [2.05, 4.69) is 0 Å². The third-order valence-electron chi connectivity index (χ3n) is 1.35. The topological polar surface area (TPSA) is 44.4 Å². The molecule has 0 aliphatic rings. The molecule has 11 heavy (non-hydrogen) atoms. The fraction of sp³-hybridized carbons (Fsp3) is 0.571. The van der Waals surface area contributed by atoms with Gasteiger partial charge in [0.15, 0.2) is 0 Å². The summed E-state index contributed by atoms with van der Waals surface area (Å²) in [6.07, 6.45) is 2.18. The van der Waals surface area contributed by atoms with Crippen LogP contribution in [0.5, 0.6) is 0 Å². The lowest BCUT2D eigenvalue weighted by Gasteiger charge is -1.97. The molecule has 0 unspecified atom stereocenters. The van der Waals surface area contributed by atoms with Crippen molar-refractivity contribution in [3.8, 4) is 0 Å². The minimum Gasteiger partial charge on any atom is -0.385 e. The summed E-state index contributed by atoms with van der Waals surface area (Å²) in [5.41, 5.74) is -0.0962. The first kappa shape index (κ1) is 8.07. The van der Waals surface area contributed by atoms with Crippen LogP contribution in [-0.2, 0) is 11.3 Å². The Balaban J connectivity index is 2.39. The highest BCUT2D eigenvalue weighted by molar-refractivity contribution is 4.75. The van der Waals surface area contributed by atoms with E-state index in [1.165, 1.54) is 17.1 Å². The van der Waals surface area contributed by atoms with E-state index >= 15 is 0 Å². The van der Waals surface area contributed by atoms with Crippen LogP contribution in [0.25, 0.3) is 0 Å². The molecule has 1 rings (SSSR count). The molecular formula is C7H11NO3. The molecule has 0 fully saturated rings. The number of nitrogens with zero attached hydrogens (tertiary/aromatic N) is 1. The third kappa shape index (κ3) is 2.23. The van der Waals surface area contributed by atoms with Gasteiger partial charge in [0, 0.05) is 19.8 Å². The molecule has 0 aromatic carbocycles. The molecule has 0 N–H and O–H groups in total. The molecule has 0 aliphatic carbocycles. The van der Waals surface area contributed by atoms with Crippen LogP contribution >= 0.6 is 0 Å². The van der Waals surface area contributed by atoms with Gasteiger partial charge >= 0.3 is 0 Å². The summed E-state index contributed by atoms with van der Waals surface area (Å²) in [5.74, 6) is 0. The first-order chi connectivity index (χ1) is 5.34. The van der Waals surface area contributed by atoms with E-state index in [4.69, 9.17) is 9.26 Å². The van der Waals surface area contributed by atoms with Gasteiger partial charge in [-0.15, -0.1) is 0 Å². The Hall–Kier alpha value is -1.03. The average molecular weight is 157 g/mol. The van der Waals surface area contributed by atoms with Gasteiger partial charge in [-0.25, -0.2) is 0 Å². The molecule has 0 spiro atoms. The lowest BCUT2D eigenvalue weighted by molar-refractivity contribution is 0.170. The van der Waals surface area contributed by atoms with Crippen molar-refractivity contribution in [3.05, 3.63) is 22.7 Å². The van der Waals surface area contributed by atoms with Gasteiger partial charge in [0.25, 0.3) is 5.56 Å². The summed E-state index contributed by atoms with van der Waals surface area (Å²) in [4.78, 5) is 10.8. The Morgan fingerprint density at radius 3 is 3.09 bits per heavy atom. The van der Waals surface area contributed by atoms with Gasteiger partial charge in [-0.2, -0.15) is 4.74 Å². The van der Waals surface area contributed by atoms with Crippen LogP contribution in [0, 0.1) is 0 Å². The second kappa shape index (κ2) is 3.98. The Bertz CT molecular complexity index is 250. The van der Waals surface area contributed by atoms with Crippen LogP contribution in [0.15, 0.2) is 21.6 Å². The fourth-order valence-corrected chi connectivity index (χ4v) is 0.813. The Morgan fingerprint density at radius 1 is 1.73 bits per heavy atom. The zero-order valence-electron chi connectivity index (χ0n) is 6.45. The van der Waals surface area contributed by atoms with Crippen molar-refractivity contribution in [2.24, 2.45) is 0 Å². The van der Waals surface area contributed by atoms with Crippen LogP contribution in [0.4, 0.5) is 0 Å². The number of hydrogen-bond acceptors (Lipinski definition) is 3. The van der Waals surface area contributed by atoms with Gasteiger partial charge in [0.1, 0.15) is 6.26 Å². The van der Waals surface area contributed by atoms with Crippen LogP contribution in [0.2, 0.25) is 0 Å². The normalized spacial score (nSPS) is 10.3. The van der Waals surface area contributed by atoms with E-state index in [0.29, 0.717) is 13.2 Å². The molecule has 0 bridgehead atoms. The fourth-order valence-electron chi connectivity index (χ4n) is 0.813. The summed E-state index contributed by atoms with van der Waals surface area (Å²) in [7, 11) is 1.63. The summed E-state index contributed by atoms with van der Waals surface area (Å²) in [5, 5.41) is 0. The van der Waals surface area contributed by atoms with Crippen molar-refractivity contribution >= 4 is 0 Å². The number of rotatable bonds is 4. The lowest BCUT2D eigenvalue weighted by atomic mass is 10.4. The minimum atomic E-state index is -0.0962. The number of ether oxygens (including phenoxy) is 1. The van der Waals surface area contributed by atoms with E-state index in [-0.39, 0.29) is 5.56 Å². The predicted octanol–water partition coefficient (Wildman–Crippen LogP) is 0.478. The van der Waals surface area contributed by atoms with Crippen molar-refractivity contribution in [1.82, 2.24) is 4.74 Å². The SMILES string of the molecule is COCCCn1occc1=O. The van der Waals surface area contributed by atoms with Crippen LogP contribution in [-0.4, -0.2) is 18.5 Å². The second-order valence-electron chi connectivity index (χ2n) is 2.19. The third-order valence-corrected chi connectivity index (χ3v) is 1.35. The average Bonchev–Trinajstić information content (AvgIpc) is 2.37. The summed E-state index contributed by atoms with van der Waals surface area (Å²) in [6, 6.07) is 1.40. The quantitative estimate of drug-likeness (QED) is 0.597. The first-order valence-corrected chi connectivity index (χ1v) is 3.48. The maximum atomic E-state index is 10.8. The summed E-state index contributed by atoms with van der Waals surface area (Å²) < 4.78 is 11.0. The molecule has 0 amide bonds. The summed E-state index contributed by atoms with van der Waals surface area (Å²) >= 11 is 0. The highest BCUT2D eigenvalue weighted by Crippen LogP contribution is 1.87. The van der Waals surface area contributed by atoms with Crippen molar-refractivity contribution in [2.75, 3.05) is 13.7 Å². The van der Waals surface area contributed by atoms with Crippen molar-refractivity contribution in [2.45, 2.75) is 13.0 Å². The maximum absolute atomic E-state index is 10.8. The standard InChI is InChI=1S/C7H11NO3/c1-10-5-2-4-8-7(9)3-6-11-8/h3,6H,2,4-5H2,1H3. The lowest BCUT2D eigenvalue weighted by Crippen LogP contribution is -2.14. The van der Waals surface area contributed by atoms with Gasteiger partial charge < -0.3 is 9.26 Å². The molecule has 1 aromatic heterocycles. The smallest absolute Gasteiger partial charge is 0.282 e. The van der Waals surface area contributed by atoms with E-state index in [1.54, 1.807) is 7.11 Å². The van der Waals surface area contributed by atoms with E-state index in [0.717, 1.165) is 6.42 Å². The minimum absolute atomic E-state index is 0.0962. The molecule has 1 heterocycles. The highest BCUT2D eigenvalue weighted by Gasteiger charge is 1.95. The number of aromatic nitrogens is 1. The Kier molecular flexibility index (Phi) is 2.92. The predicted molar refractivity (Wildman–Crippen MR) is 39.5 cm³/mol. The van der Waals surface area contributed by atoms with Gasteiger partial charge in [-0.05, 0) is 6.42 Å². The van der Waals surface area contributed by atoms with Crippen LogP contribution in [0.3, 0.4) is 0 Å². The van der Waals surface area contributed by atoms with E-state index < -0.39 is 0 Å². The molecule has 62 valence electrons. The van der Waals surface area contributed by atoms with Gasteiger partial charge in [0.2, 0.25) is 0 Å². The zero-order valence-corrected chi connectivity index (χ0v) is 6.45. The molecular weight excluding hydrogens is 146 g/mol. The van der Waals surface area contributed by atoms with Gasteiger partial charge in [0.05, 0.1) is 6.54 Å². The maximum Gasteiger partial charge on any atom is 0.282 e. The van der Waals surface area contributed by atoms with Crippen LogP contribution < -0.4 is 5.56 Å². The van der Waals surface area contributed by atoms with E-state index in [1.807, 2.05) is 0 Å². The number of hydrogen-bond donors (Lipinski definition) is 0. The summed E-state index contributed by atoms with van der Waals surface area (Å²) in [6.45, 7) is 1.23. The number of aryl methyl sites for hydroxylation is 1. The molecule has 0 saturated heterocycles. The Morgan fingerprint density at radius 2 is 2.55 bits per heavy atom. The Labute approximate surface area is 64.3 Å². The monoisotopic (exact) mass is 157 g/mol. The molecule has 4 heteroatoms. The highest BCUT2D eigenvalue weighted by atomic mass is 16.5. The molecule has 0 atom stereocenters. The van der Waals surface area contributed by atoms with Crippen molar-refractivity contribution in [1.29, 1.82) is 0 Å². The molecule has 0 radical (unpaired) electrons. The largest absolute Gasteiger partial charge is 0.385 e. The molecule has 0 saturated carbocycles. The van der Waals surface area contributed by atoms with Gasteiger partial charge in [-0.3, -0.25) is 4.79 Å². The second-order valence-corrected chi connectivity index (χ2v) is 2.19. The van der Waals surface area contributed by atoms with Crippen LogP contribution in [0.1, 0.15) is 6.42 Å². The zero-order chi connectivity index (χ0) is 8.10. The number of methoxy groups -OCH3 is 1. The van der Waals surface area contributed by atoms with Crippen molar-refractivity contribution in [3.63, 3.8) is 0 Å². The first-order valence-electron chi connectivity index (χ1n) is 3.48.